The van der Waals surface area contributed by atoms with Gasteiger partial charge in [-0.05, 0) is 59.9 Å². The summed E-state index contributed by atoms with van der Waals surface area (Å²) in [5.41, 5.74) is -0.375. The average molecular weight is 494 g/mol. The molecule has 3 rings (SSSR count). The van der Waals surface area contributed by atoms with Crippen molar-refractivity contribution in [1.82, 2.24) is 19.8 Å². The van der Waals surface area contributed by atoms with E-state index >= 15 is 0 Å². The highest BCUT2D eigenvalue weighted by atomic mass is 32.2. The van der Waals surface area contributed by atoms with E-state index in [1.165, 1.54) is 16.8 Å². The van der Waals surface area contributed by atoms with Crippen LogP contribution in [0.5, 0.6) is 11.6 Å². The van der Waals surface area contributed by atoms with Crippen molar-refractivity contribution in [3.05, 3.63) is 39.6 Å². The second kappa shape index (κ2) is 9.34. The predicted molar refractivity (Wildman–Crippen MR) is 126 cm³/mol. The molecule has 1 atom stereocenters. The van der Waals surface area contributed by atoms with Crippen LogP contribution in [-0.2, 0) is 15.6 Å². The van der Waals surface area contributed by atoms with Gasteiger partial charge in [0.05, 0.1) is 10.5 Å². The summed E-state index contributed by atoms with van der Waals surface area (Å²) < 4.78 is 36.3. The third-order valence-electron chi connectivity index (χ3n) is 5.43. The third kappa shape index (κ3) is 5.55. The van der Waals surface area contributed by atoms with Crippen molar-refractivity contribution in [3.8, 4) is 11.6 Å². The molecular formula is C22H31N5O6S. The number of sulfonamides is 1. The Morgan fingerprint density at radius 2 is 2.00 bits per heavy atom. The van der Waals surface area contributed by atoms with Crippen LogP contribution >= 0.6 is 0 Å². The minimum Gasteiger partial charge on any atom is -0.438 e. The molecule has 11 nitrogen and oxygen atoms in total. The molecule has 2 aromatic rings. The average Bonchev–Trinajstić information content (AvgIpc) is 3.48. The van der Waals surface area contributed by atoms with E-state index in [0.29, 0.717) is 12.0 Å². The molecule has 2 N–H and O–H groups in total. The van der Waals surface area contributed by atoms with Gasteiger partial charge in [-0.3, -0.25) is 14.9 Å². The number of carbonyl (C=O) groups is 1. The van der Waals surface area contributed by atoms with Gasteiger partial charge in [-0.2, -0.15) is 5.10 Å². The Morgan fingerprint density at radius 3 is 2.53 bits per heavy atom. The van der Waals surface area contributed by atoms with Gasteiger partial charge < -0.3 is 10.1 Å². The van der Waals surface area contributed by atoms with Crippen LogP contribution < -0.4 is 14.8 Å². The third-order valence-corrected chi connectivity index (χ3v) is 7.05. The van der Waals surface area contributed by atoms with E-state index in [4.69, 9.17) is 4.74 Å². The molecule has 0 spiro atoms. The lowest BCUT2D eigenvalue weighted by Gasteiger charge is -2.23. The first-order chi connectivity index (χ1) is 15.7. The van der Waals surface area contributed by atoms with Gasteiger partial charge in [0.1, 0.15) is 10.6 Å². The van der Waals surface area contributed by atoms with Crippen molar-refractivity contribution in [1.29, 1.82) is 0 Å². The maximum absolute atomic E-state index is 13.1. The van der Waals surface area contributed by atoms with E-state index < -0.39 is 26.5 Å². The lowest BCUT2D eigenvalue weighted by Crippen LogP contribution is -2.32. The van der Waals surface area contributed by atoms with Crippen molar-refractivity contribution in [2.24, 2.45) is 0 Å². The molecule has 0 saturated heterocycles. The van der Waals surface area contributed by atoms with Gasteiger partial charge in [0.15, 0.2) is 5.69 Å². The summed E-state index contributed by atoms with van der Waals surface area (Å²) in [7, 11) is -4.15. The summed E-state index contributed by atoms with van der Waals surface area (Å²) in [6.45, 7) is 10.8. The molecule has 1 amide bonds. The zero-order chi connectivity index (χ0) is 25.4. The monoisotopic (exact) mass is 493 g/mol. The molecule has 34 heavy (non-hydrogen) atoms. The summed E-state index contributed by atoms with van der Waals surface area (Å²) >= 11 is 0. The Hall–Kier alpha value is -2.99. The number of nitrogens with zero attached hydrogens (tertiary/aromatic N) is 3. The summed E-state index contributed by atoms with van der Waals surface area (Å²) in [4.78, 5) is 23.0. The highest BCUT2D eigenvalue weighted by molar-refractivity contribution is 7.89. The van der Waals surface area contributed by atoms with E-state index in [1.807, 2.05) is 27.7 Å². The number of non-ortho nitro benzene ring substituents is 1. The van der Waals surface area contributed by atoms with Crippen LogP contribution in [0.2, 0.25) is 0 Å². The molecule has 1 aliphatic rings. The van der Waals surface area contributed by atoms with Crippen LogP contribution in [0.3, 0.4) is 0 Å². The predicted octanol–water partition coefficient (Wildman–Crippen LogP) is 3.62. The number of benzene rings is 1. The van der Waals surface area contributed by atoms with Gasteiger partial charge in [0.25, 0.3) is 11.6 Å². The summed E-state index contributed by atoms with van der Waals surface area (Å²) in [5.74, 6) is -0.255. The number of nitro benzene ring substituents is 1. The molecule has 1 unspecified atom stereocenters. The Bertz CT molecular complexity index is 1210. The number of hydrogen-bond donors (Lipinski definition) is 2. The van der Waals surface area contributed by atoms with E-state index in [0.717, 1.165) is 18.9 Å². The smallest absolute Gasteiger partial charge is 0.272 e. The maximum Gasteiger partial charge on any atom is 0.272 e. The summed E-state index contributed by atoms with van der Waals surface area (Å²) in [6.07, 6.45) is 2.36. The minimum atomic E-state index is -4.15. The highest BCUT2D eigenvalue weighted by Gasteiger charge is 2.32. The second-order valence-corrected chi connectivity index (χ2v) is 11.2. The number of rotatable bonds is 9. The fraction of sp³-hybridized carbons (Fsp3) is 0.545. The van der Waals surface area contributed by atoms with Crippen molar-refractivity contribution in [2.45, 2.75) is 83.3 Å². The van der Waals surface area contributed by atoms with E-state index in [9.17, 15) is 23.3 Å². The van der Waals surface area contributed by atoms with Crippen molar-refractivity contribution in [3.63, 3.8) is 0 Å². The molecular weight excluding hydrogens is 462 g/mol. The molecule has 0 radical (unpaired) electrons. The summed E-state index contributed by atoms with van der Waals surface area (Å²) in [5, 5.41) is 18.7. The number of amides is 1. The van der Waals surface area contributed by atoms with Crippen LogP contribution in [0.1, 0.15) is 69.9 Å². The maximum atomic E-state index is 13.1. The molecule has 1 aromatic carbocycles. The van der Waals surface area contributed by atoms with Crippen LogP contribution in [0.25, 0.3) is 0 Å². The number of nitrogens with one attached hydrogen (secondary N) is 2. The molecule has 12 heteroatoms. The van der Waals surface area contributed by atoms with Crippen LogP contribution in [0.15, 0.2) is 23.1 Å². The topological polar surface area (TPSA) is 145 Å². The molecule has 1 saturated carbocycles. The molecule has 0 bridgehead atoms. The normalized spacial score (nSPS) is 15.1. The van der Waals surface area contributed by atoms with Gasteiger partial charge in [0.2, 0.25) is 15.9 Å². The zero-order valence-electron chi connectivity index (χ0n) is 20.2. The Morgan fingerprint density at radius 1 is 1.35 bits per heavy atom. The van der Waals surface area contributed by atoms with Gasteiger partial charge >= 0.3 is 0 Å². The quantitative estimate of drug-likeness (QED) is 0.401. The van der Waals surface area contributed by atoms with Crippen molar-refractivity contribution < 1.29 is 22.9 Å². The first-order valence-electron chi connectivity index (χ1n) is 11.1. The molecule has 1 heterocycles. The van der Waals surface area contributed by atoms with Crippen LogP contribution in [0, 0.1) is 17.0 Å². The standard InChI is InChI=1S/C22H31N5O6S/c1-7-13(2)25-34(31,32)18-12-16(27(29)30)10-11-17(18)33-21-14(3)19(20(28)23-15-8-9-15)24-26(21)22(4,5)6/h10-13,15,25H,7-9H2,1-6H3,(H,23,28). The van der Waals surface area contributed by atoms with Crippen LogP contribution in [-0.4, -0.2) is 41.1 Å². The van der Waals surface area contributed by atoms with E-state index in [1.54, 1.807) is 13.8 Å². The van der Waals surface area contributed by atoms with Gasteiger partial charge in [-0.25, -0.2) is 17.8 Å². The van der Waals surface area contributed by atoms with Crippen molar-refractivity contribution in [2.75, 3.05) is 0 Å². The number of hydrogen-bond acceptors (Lipinski definition) is 7. The van der Waals surface area contributed by atoms with Crippen LogP contribution in [0.4, 0.5) is 5.69 Å². The number of ether oxygens (including phenoxy) is 1. The number of carbonyl (C=O) groups excluding carboxylic acids is 1. The van der Waals surface area contributed by atoms with Gasteiger partial charge in [0, 0.05) is 29.8 Å². The highest BCUT2D eigenvalue weighted by Crippen LogP contribution is 2.37. The Kier molecular flexibility index (Phi) is 7.04. The Balaban J connectivity index is 2.12. The number of aromatic nitrogens is 2. The molecule has 0 aliphatic heterocycles. The fourth-order valence-corrected chi connectivity index (χ4v) is 4.65. The SMILES string of the molecule is CCC(C)NS(=O)(=O)c1cc([N+](=O)[O-])ccc1Oc1c(C)c(C(=O)NC2CC2)nn1C(C)(C)C. The largest absolute Gasteiger partial charge is 0.438 e. The molecule has 1 aromatic heterocycles. The zero-order valence-corrected chi connectivity index (χ0v) is 21.0. The lowest BCUT2D eigenvalue weighted by atomic mass is 10.1. The Labute approximate surface area is 199 Å². The van der Waals surface area contributed by atoms with E-state index in [2.05, 4.69) is 15.1 Å². The minimum absolute atomic E-state index is 0.107. The van der Waals surface area contributed by atoms with E-state index in [-0.39, 0.29) is 39.9 Å². The summed E-state index contributed by atoms with van der Waals surface area (Å²) in [6, 6.07) is 3.12. The van der Waals surface area contributed by atoms with Gasteiger partial charge in [-0.1, -0.05) is 6.92 Å². The molecule has 186 valence electrons. The van der Waals surface area contributed by atoms with Gasteiger partial charge in [-0.15, -0.1) is 0 Å². The number of nitro groups is 1. The second-order valence-electron chi connectivity index (χ2n) is 9.53. The van der Waals surface area contributed by atoms with Crippen molar-refractivity contribution >= 4 is 21.6 Å². The first-order valence-corrected chi connectivity index (χ1v) is 12.6. The molecule has 1 fully saturated rings. The molecule has 1 aliphatic carbocycles. The first kappa shape index (κ1) is 25.6. The lowest BCUT2D eigenvalue weighted by molar-refractivity contribution is -0.385. The fourth-order valence-electron chi connectivity index (χ4n) is 3.17.